The number of hydrogen-bond donors (Lipinski definition) is 0. The predicted octanol–water partition coefficient (Wildman–Crippen LogP) is 2.63. The van der Waals surface area contributed by atoms with Crippen molar-refractivity contribution in [2.75, 3.05) is 9.80 Å². The molecule has 34 heavy (non-hydrogen) atoms. The standard InChI is InChI=1S/C26H21N2O5P/c29-23-12-13-24(30)27(23)18-6-4-10-21(16-18)34(33,20-8-2-1-3-9-20)22-11-5-7-19(17-22)28-25(31)14-15-26(28)32/h1-11,16-17H,12-15H2. The van der Waals surface area contributed by atoms with E-state index in [2.05, 4.69) is 0 Å². The summed E-state index contributed by atoms with van der Waals surface area (Å²) in [6.07, 6.45) is 0.609. The number of imide groups is 2. The molecular weight excluding hydrogens is 451 g/mol. The molecule has 2 saturated heterocycles. The van der Waals surface area contributed by atoms with Crippen molar-refractivity contribution in [3.63, 3.8) is 0 Å². The number of hydrogen-bond acceptors (Lipinski definition) is 5. The van der Waals surface area contributed by atoms with E-state index >= 15 is 0 Å². The lowest BCUT2D eigenvalue weighted by Crippen LogP contribution is -2.32. The molecule has 0 radical (unpaired) electrons. The third-order valence-corrected chi connectivity index (χ3v) is 9.16. The van der Waals surface area contributed by atoms with Crippen LogP contribution in [0.4, 0.5) is 11.4 Å². The maximum absolute atomic E-state index is 14.9. The first-order valence-electron chi connectivity index (χ1n) is 11.0. The summed E-state index contributed by atoms with van der Waals surface area (Å²) in [5.41, 5.74) is 0.754. The van der Waals surface area contributed by atoms with Crippen molar-refractivity contribution >= 4 is 58.1 Å². The van der Waals surface area contributed by atoms with Crippen molar-refractivity contribution in [2.24, 2.45) is 0 Å². The fraction of sp³-hybridized carbons (Fsp3) is 0.154. The molecule has 2 aliphatic heterocycles. The molecule has 8 heteroatoms. The van der Waals surface area contributed by atoms with Gasteiger partial charge in [-0.15, -0.1) is 0 Å². The molecule has 170 valence electrons. The van der Waals surface area contributed by atoms with Crippen LogP contribution < -0.4 is 25.7 Å². The molecule has 7 nitrogen and oxygen atoms in total. The number of amides is 4. The minimum Gasteiger partial charge on any atom is -0.309 e. The molecule has 3 aromatic rings. The van der Waals surface area contributed by atoms with Crippen LogP contribution in [0.1, 0.15) is 25.7 Å². The highest BCUT2D eigenvalue weighted by Gasteiger charge is 2.35. The lowest BCUT2D eigenvalue weighted by molar-refractivity contribution is -0.122. The van der Waals surface area contributed by atoms with Gasteiger partial charge < -0.3 is 4.57 Å². The second-order valence-corrected chi connectivity index (χ2v) is 11.0. The van der Waals surface area contributed by atoms with E-state index in [0.29, 0.717) is 27.3 Å². The molecule has 0 saturated carbocycles. The van der Waals surface area contributed by atoms with E-state index in [1.165, 1.54) is 0 Å². The molecule has 5 rings (SSSR count). The van der Waals surface area contributed by atoms with E-state index < -0.39 is 7.14 Å². The summed E-state index contributed by atoms with van der Waals surface area (Å²) < 4.78 is 14.9. The summed E-state index contributed by atoms with van der Waals surface area (Å²) in [5.74, 6) is -1.15. The van der Waals surface area contributed by atoms with Crippen LogP contribution in [0.3, 0.4) is 0 Å². The number of nitrogens with zero attached hydrogens (tertiary/aromatic N) is 2. The summed E-state index contributed by atoms with van der Waals surface area (Å²) in [4.78, 5) is 51.5. The summed E-state index contributed by atoms with van der Waals surface area (Å²) >= 11 is 0. The van der Waals surface area contributed by atoms with Gasteiger partial charge >= 0.3 is 0 Å². The lowest BCUT2D eigenvalue weighted by atomic mass is 10.3. The van der Waals surface area contributed by atoms with Gasteiger partial charge in [-0.05, 0) is 24.3 Å². The minimum atomic E-state index is -3.49. The SMILES string of the molecule is O=C1CCC(=O)N1c1cccc(P(=O)(c2ccccc2)c2cccc(N3C(=O)CCC3=O)c2)c1. The fourth-order valence-corrected chi connectivity index (χ4v) is 7.18. The quantitative estimate of drug-likeness (QED) is 0.421. The highest BCUT2D eigenvalue weighted by Crippen LogP contribution is 2.44. The number of rotatable bonds is 5. The van der Waals surface area contributed by atoms with E-state index in [9.17, 15) is 23.7 Å². The monoisotopic (exact) mass is 472 g/mol. The smallest absolute Gasteiger partial charge is 0.234 e. The molecule has 0 N–H and O–H groups in total. The molecular formula is C26H21N2O5P. The first kappa shape index (κ1) is 22.0. The third-order valence-electron chi connectivity index (χ3n) is 6.13. The second-order valence-electron chi connectivity index (χ2n) is 8.23. The molecule has 0 aromatic heterocycles. The Labute approximate surface area is 196 Å². The average Bonchev–Trinajstić information content (AvgIpc) is 3.38. The van der Waals surface area contributed by atoms with Crippen molar-refractivity contribution in [1.29, 1.82) is 0 Å². The fourth-order valence-electron chi connectivity index (χ4n) is 4.47. The first-order chi connectivity index (χ1) is 16.4. The van der Waals surface area contributed by atoms with Gasteiger partial charge in [-0.1, -0.05) is 54.6 Å². The number of carbonyl (C=O) groups is 4. The minimum absolute atomic E-state index is 0.152. The van der Waals surface area contributed by atoms with Crippen molar-refractivity contribution in [2.45, 2.75) is 25.7 Å². The summed E-state index contributed by atoms with van der Waals surface area (Å²) in [6, 6.07) is 22.2. The summed E-state index contributed by atoms with van der Waals surface area (Å²) in [7, 11) is -3.49. The molecule has 0 bridgehead atoms. The van der Waals surface area contributed by atoms with Gasteiger partial charge in [0.25, 0.3) is 0 Å². The Morgan fingerprint density at radius 3 is 1.29 bits per heavy atom. The van der Waals surface area contributed by atoms with Crippen molar-refractivity contribution in [1.82, 2.24) is 0 Å². The van der Waals surface area contributed by atoms with E-state index in [4.69, 9.17) is 0 Å². The zero-order chi connectivity index (χ0) is 23.9. The number of carbonyl (C=O) groups excluding carboxylic acids is 4. The molecule has 0 atom stereocenters. The van der Waals surface area contributed by atoms with Crippen LogP contribution in [0.25, 0.3) is 0 Å². The van der Waals surface area contributed by atoms with E-state index in [-0.39, 0.29) is 49.3 Å². The van der Waals surface area contributed by atoms with E-state index in [1.807, 2.05) is 6.07 Å². The van der Waals surface area contributed by atoms with Crippen LogP contribution in [-0.2, 0) is 23.7 Å². The van der Waals surface area contributed by atoms with Crippen molar-refractivity contribution in [3.05, 3.63) is 78.9 Å². The van der Waals surface area contributed by atoms with Gasteiger partial charge in [-0.3, -0.25) is 29.0 Å². The van der Waals surface area contributed by atoms with Gasteiger partial charge in [-0.2, -0.15) is 0 Å². The number of benzene rings is 3. The van der Waals surface area contributed by atoms with Gasteiger partial charge in [-0.25, -0.2) is 0 Å². The Hall–Kier alpha value is -3.83. The number of anilines is 2. The maximum Gasteiger partial charge on any atom is 0.234 e. The highest BCUT2D eigenvalue weighted by molar-refractivity contribution is 7.85. The Balaban J connectivity index is 1.67. The Bertz CT molecular complexity index is 1270. The third kappa shape index (κ3) is 3.58. The molecule has 0 aliphatic carbocycles. The van der Waals surface area contributed by atoms with Crippen LogP contribution in [0.5, 0.6) is 0 Å². The highest BCUT2D eigenvalue weighted by atomic mass is 31.2. The molecule has 2 heterocycles. The van der Waals surface area contributed by atoms with E-state index in [1.54, 1.807) is 72.8 Å². The molecule has 2 fully saturated rings. The van der Waals surface area contributed by atoms with Crippen molar-refractivity contribution in [3.8, 4) is 0 Å². The van der Waals surface area contributed by atoms with Gasteiger partial charge in [0.15, 0.2) is 7.14 Å². The van der Waals surface area contributed by atoms with Crippen LogP contribution in [0, 0.1) is 0 Å². The molecule has 0 unspecified atom stereocenters. The van der Waals surface area contributed by atoms with Gasteiger partial charge in [0.1, 0.15) is 0 Å². The molecule has 4 amide bonds. The van der Waals surface area contributed by atoms with Crippen LogP contribution >= 0.6 is 7.14 Å². The van der Waals surface area contributed by atoms with Gasteiger partial charge in [0.2, 0.25) is 23.6 Å². The lowest BCUT2D eigenvalue weighted by Gasteiger charge is -2.23. The predicted molar refractivity (Wildman–Crippen MR) is 129 cm³/mol. The first-order valence-corrected chi connectivity index (χ1v) is 12.7. The van der Waals surface area contributed by atoms with Crippen molar-refractivity contribution < 1.29 is 23.7 Å². The maximum atomic E-state index is 14.9. The van der Waals surface area contributed by atoms with Gasteiger partial charge in [0.05, 0.1) is 11.4 Å². The molecule has 2 aliphatic rings. The zero-order valence-corrected chi connectivity index (χ0v) is 19.1. The van der Waals surface area contributed by atoms with Crippen LogP contribution in [0.15, 0.2) is 78.9 Å². The van der Waals surface area contributed by atoms with Crippen LogP contribution in [0.2, 0.25) is 0 Å². The average molecular weight is 472 g/mol. The van der Waals surface area contributed by atoms with Crippen LogP contribution in [-0.4, -0.2) is 23.6 Å². The second kappa shape index (κ2) is 8.50. The Morgan fingerprint density at radius 1 is 0.500 bits per heavy atom. The summed E-state index contributed by atoms with van der Waals surface area (Å²) in [5, 5.41) is 1.45. The van der Waals surface area contributed by atoms with E-state index in [0.717, 1.165) is 9.80 Å². The molecule has 0 spiro atoms. The Morgan fingerprint density at radius 2 is 0.882 bits per heavy atom. The molecule has 3 aromatic carbocycles. The Kier molecular flexibility index (Phi) is 5.50. The topological polar surface area (TPSA) is 91.8 Å². The zero-order valence-electron chi connectivity index (χ0n) is 18.2. The summed E-state index contributed by atoms with van der Waals surface area (Å²) in [6.45, 7) is 0. The normalized spacial score (nSPS) is 16.6. The van der Waals surface area contributed by atoms with Gasteiger partial charge in [0, 0.05) is 41.6 Å². The largest absolute Gasteiger partial charge is 0.309 e.